The van der Waals surface area contributed by atoms with Gasteiger partial charge in [0.05, 0.1) is 11.6 Å². The van der Waals surface area contributed by atoms with E-state index in [-0.39, 0.29) is 28.1 Å². The molecule has 0 saturated carbocycles. The third-order valence-corrected chi connectivity index (χ3v) is 6.53. The average Bonchev–Trinajstić information content (AvgIpc) is 2.82. The molecule has 2 N–H and O–H groups in total. The third-order valence-electron chi connectivity index (χ3n) is 2.62. The fraction of sp³-hybridized carbons (Fsp3) is 0.167. The summed E-state index contributed by atoms with van der Waals surface area (Å²) in [5, 5.41) is 11.3. The molecular formula is C12H10BrCl2NO3S2. The number of thiophene rings is 1. The smallest absolute Gasteiger partial charge is 0.242 e. The van der Waals surface area contributed by atoms with Gasteiger partial charge in [0, 0.05) is 26.3 Å². The Morgan fingerprint density at radius 2 is 1.95 bits per heavy atom. The second-order valence-electron chi connectivity index (χ2n) is 4.09. The van der Waals surface area contributed by atoms with Crippen LogP contribution >= 0.6 is 50.5 Å². The van der Waals surface area contributed by atoms with Crippen molar-refractivity contribution in [1.29, 1.82) is 0 Å². The van der Waals surface area contributed by atoms with Crippen LogP contribution in [0.1, 0.15) is 10.4 Å². The van der Waals surface area contributed by atoms with E-state index in [0.29, 0.717) is 5.56 Å². The first kappa shape index (κ1) is 17.2. The van der Waals surface area contributed by atoms with Gasteiger partial charge in [0.2, 0.25) is 10.0 Å². The second-order valence-corrected chi connectivity index (χ2v) is 8.55. The predicted octanol–water partition coefficient (Wildman–Crippen LogP) is 3.79. The van der Waals surface area contributed by atoms with Gasteiger partial charge < -0.3 is 5.11 Å². The monoisotopic (exact) mass is 429 g/mol. The molecular weight excluding hydrogens is 421 g/mol. The molecule has 0 atom stereocenters. The van der Waals surface area contributed by atoms with E-state index in [1.807, 2.05) is 11.4 Å². The molecule has 0 spiro atoms. The lowest BCUT2D eigenvalue weighted by molar-refractivity contribution is 0.281. The molecule has 21 heavy (non-hydrogen) atoms. The molecule has 2 rings (SSSR count). The van der Waals surface area contributed by atoms with Gasteiger partial charge in [-0.1, -0.05) is 23.2 Å². The normalized spacial score (nSPS) is 11.8. The van der Waals surface area contributed by atoms with Crippen LogP contribution in [-0.4, -0.2) is 13.5 Å². The highest BCUT2D eigenvalue weighted by molar-refractivity contribution is 9.10. The number of benzene rings is 1. The molecule has 1 aromatic carbocycles. The lowest BCUT2D eigenvalue weighted by Gasteiger charge is -2.10. The first-order valence-corrected chi connectivity index (χ1v) is 9.56. The van der Waals surface area contributed by atoms with E-state index >= 15 is 0 Å². The van der Waals surface area contributed by atoms with E-state index in [4.69, 9.17) is 28.3 Å². The molecule has 4 nitrogen and oxygen atoms in total. The minimum Gasteiger partial charge on any atom is -0.392 e. The van der Waals surface area contributed by atoms with Gasteiger partial charge >= 0.3 is 0 Å². The topological polar surface area (TPSA) is 66.4 Å². The lowest BCUT2D eigenvalue weighted by atomic mass is 10.2. The zero-order valence-corrected chi connectivity index (χ0v) is 15.2. The van der Waals surface area contributed by atoms with Crippen LogP contribution in [0.15, 0.2) is 32.9 Å². The van der Waals surface area contributed by atoms with Gasteiger partial charge in [-0.05, 0) is 39.7 Å². The van der Waals surface area contributed by atoms with Crippen molar-refractivity contribution >= 4 is 60.5 Å². The minimum absolute atomic E-state index is 0.0112. The largest absolute Gasteiger partial charge is 0.392 e. The van der Waals surface area contributed by atoms with Crippen LogP contribution in [0.5, 0.6) is 0 Å². The highest BCUT2D eigenvalue weighted by Gasteiger charge is 2.20. The van der Waals surface area contributed by atoms with Crippen molar-refractivity contribution in [3.63, 3.8) is 0 Å². The van der Waals surface area contributed by atoms with Gasteiger partial charge in [-0.15, -0.1) is 11.3 Å². The van der Waals surface area contributed by atoms with Gasteiger partial charge in [-0.3, -0.25) is 0 Å². The summed E-state index contributed by atoms with van der Waals surface area (Å²) in [5.41, 5.74) is 0.306. The van der Waals surface area contributed by atoms with Crippen molar-refractivity contribution < 1.29 is 13.5 Å². The number of nitrogens with one attached hydrogen (secondary N) is 1. The summed E-state index contributed by atoms with van der Waals surface area (Å²) in [6, 6.07) is 4.41. The molecule has 0 aliphatic carbocycles. The average molecular weight is 431 g/mol. The minimum atomic E-state index is -3.79. The number of halogens is 3. The standard InChI is InChI=1S/C12H10BrCl2NO3S2/c13-8-2-9(20-6-8)4-16-21(18,19)12-1-7(5-17)10(14)3-11(12)15/h1-3,6,16-17H,4-5H2. The Hall–Kier alpha value is -0.150. The number of aliphatic hydroxyl groups excluding tert-OH is 1. The molecule has 0 saturated heterocycles. The molecule has 0 bridgehead atoms. The number of hydrogen-bond acceptors (Lipinski definition) is 4. The van der Waals surface area contributed by atoms with Crippen LogP contribution in [-0.2, 0) is 23.2 Å². The van der Waals surface area contributed by atoms with Crippen molar-refractivity contribution in [2.75, 3.05) is 0 Å². The highest BCUT2D eigenvalue weighted by atomic mass is 79.9. The Morgan fingerprint density at radius 1 is 1.24 bits per heavy atom. The first-order valence-electron chi connectivity index (χ1n) is 5.65. The van der Waals surface area contributed by atoms with Crippen LogP contribution in [0.2, 0.25) is 10.0 Å². The molecule has 9 heteroatoms. The Bertz CT molecular complexity index is 762. The maximum atomic E-state index is 12.3. The summed E-state index contributed by atoms with van der Waals surface area (Å²) in [7, 11) is -3.79. The molecule has 0 aliphatic rings. The maximum Gasteiger partial charge on any atom is 0.242 e. The Morgan fingerprint density at radius 3 is 2.52 bits per heavy atom. The van der Waals surface area contributed by atoms with Crippen molar-refractivity contribution in [3.05, 3.63) is 48.5 Å². The van der Waals surface area contributed by atoms with Gasteiger partial charge in [0.15, 0.2) is 0 Å². The first-order chi connectivity index (χ1) is 9.83. The van der Waals surface area contributed by atoms with Gasteiger partial charge in [-0.25, -0.2) is 13.1 Å². The summed E-state index contributed by atoms with van der Waals surface area (Å²) in [4.78, 5) is 0.756. The Labute approximate surface area is 144 Å². The SMILES string of the molecule is O=S(=O)(NCc1cc(Br)cs1)c1cc(CO)c(Cl)cc1Cl. The number of rotatable bonds is 5. The molecule has 0 radical (unpaired) electrons. The Balaban J connectivity index is 2.27. The molecule has 0 unspecified atom stereocenters. The van der Waals surface area contributed by atoms with E-state index in [2.05, 4.69) is 20.7 Å². The highest BCUT2D eigenvalue weighted by Crippen LogP contribution is 2.29. The molecule has 114 valence electrons. The lowest BCUT2D eigenvalue weighted by Crippen LogP contribution is -2.23. The van der Waals surface area contributed by atoms with Crippen LogP contribution in [0.25, 0.3) is 0 Å². The molecule has 0 aliphatic heterocycles. The predicted molar refractivity (Wildman–Crippen MR) is 88.4 cm³/mol. The van der Waals surface area contributed by atoms with E-state index in [1.54, 1.807) is 0 Å². The van der Waals surface area contributed by atoms with E-state index in [0.717, 1.165) is 9.35 Å². The summed E-state index contributed by atoms with van der Waals surface area (Å²) in [6.07, 6.45) is 0. The number of sulfonamides is 1. The van der Waals surface area contributed by atoms with Gasteiger partial charge in [0.25, 0.3) is 0 Å². The van der Waals surface area contributed by atoms with Gasteiger partial charge in [-0.2, -0.15) is 0 Å². The maximum absolute atomic E-state index is 12.3. The van der Waals surface area contributed by atoms with Crippen LogP contribution in [0.4, 0.5) is 0 Å². The summed E-state index contributed by atoms with van der Waals surface area (Å²) in [6.45, 7) is -0.206. The van der Waals surface area contributed by atoms with E-state index in [9.17, 15) is 8.42 Å². The summed E-state index contributed by atoms with van der Waals surface area (Å²) >= 11 is 16.5. The molecule has 0 fully saturated rings. The number of hydrogen-bond donors (Lipinski definition) is 2. The molecule has 0 amide bonds. The fourth-order valence-corrected chi connectivity index (χ4v) is 4.93. The zero-order valence-electron chi connectivity index (χ0n) is 10.4. The van der Waals surface area contributed by atoms with Crippen LogP contribution < -0.4 is 4.72 Å². The fourth-order valence-electron chi connectivity index (χ4n) is 1.59. The molecule has 1 aromatic heterocycles. The third kappa shape index (κ3) is 4.19. The zero-order chi connectivity index (χ0) is 15.6. The van der Waals surface area contributed by atoms with E-state index < -0.39 is 10.0 Å². The summed E-state index contributed by atoms with van der Waals surface area (Å²) < 4.78 is 27.9. The second kappa shape index (κ2) is 6.95. The number of aliphatic hydroxyl groups is 1. The van der Waals surface area contributed by atoms with E-state index in [1.165, 1.54) is 23.5 Å². The van der Waals surface area contributed by atoms with Crippen LogP contribution in [0, 0.1) is 0 Å². The van der Waals surface area contributed by atoms with Crippen molar-refractivity contribution in [2.45, 2.75) is 18.0 Å². The van der Waals surface area contributed by atoms with Crippen molar-refractivity contribution in [1.82, 2.24) is 4.72 Å². The van der Waals surface area contributed by atoms with Crippen molar-refractivity contribution in [3.8, 4) is 0 Å². The Kier molecular flexibility index (Phi) is 5.70. The summed E-state index contributed by atoms with van der Waals surface area (Å²) in [5.74, 6) is 0. The quantitative estimate of drug-likeness (QED) is 0.758. The van der Waals surface area contributed by atoms with Gasteiger partial charge in [0.1, 0.15) is 4.90 Å². The molecule has 2 aromatic rings. The van der Waals surface area contributed by atoms with Crippen LogP contribution in [0.3, 0.4) is 0 Å². The molecule has 1 heterocycles. The van der Waals surface area contributed by atoms with Crippen molar-refractivity contribution in [2.24, 2.45) is 0 Å².